The van der Waals surface area contributed by atoms with Crippen LogP contribution in [0.15, 0.2) is 0 Å². The standard InChI is InChI=1S/C10H16N2O4/c1-7(2)6-16-5-3-4-12-9(14)8(13)11-10(12)15/h7H,3-6H2,1-2H3,(H,11,13,15). The minimum Gasteiger partial charge on any atom is -0.381 e. The van der Waals surface area contributed by atoms with E-state index in [1.165, 1.54) is 0 Å². The van der Waals surface area contributed by atoms with E-state index in [9.17, 15) is 14.4 Å². The zero-order valence-corrected chi connectivity index (χ0v) is 9.49. The van der Waals surface area contributed by atoms with E-state index in [1.54, 1.807) is 0 Å². The largest absolute Gasteiger partial charge is 0.381 e. The van der Waals surface area contributed by atoms with Crippen molar-refractivity contribution in [1.82, 2.24) is 10.2 Å². The maximum absolute atomic E-state index is 11.1. The number of hydrogen-bond acceptors (Lipinski definition) is 4. The van der Waals surface area contributed by atoms with Crippen molar-refractivity contribution in [3.63, 3.8) is 0 Å². The highest BCUT2D eigenvalue weighted by atomic mass is 16.5. The predicted octanol–water partition coefficient (Wildman–Crippen LogP) is 0.128. The minimum absolute atomic E-state index is 0.217. The summed E-state index contributed by atoms with van der Waals surface area (Å²) in [6.45, 7) is 5.42. The van der Waals surface area contributed by atoms with E-state index in [2.05, 4.69) is 0 Å². The number of hydrogen-bond donors (Lipinski definition) is 1. The van der Waals surface area contributed by atoms with Gasteiger partial charge in [-0.25, -0.2) is 4.79 Å². The third-order valence-corrected chi connectivity index (χ3v) is 2.03. The minimum atomic E-state index is -0.854. The maximum Gasteiger partial charge on any atom is 0.331 e. The molecular formula is C10H16N2O4. The van der Waals surface area contributed by atoms with Crippen LogP contribution >= 0.6 is 0 Å². The highest BCUT2D eigenvalue weighted by Gasteiger charge is 2.36. The van der Waals surface area contributed by atoms with Crippen LogP contribution in [0.3, 0.4) is 0 Å². The van der Waals surface area contributed by atoms with Crippen molar-refractivity contribution in [1.29, 1.82) is 0 Å². The SMILES string of the molecule is CC(C)COCCCN1C(=O)NC(=O)C1=O. The lowest BCUT2D eigenvalue weighted by Crippen LogP contribution is -2.32. The van der Waals surface area contributed by atoms with Crippen LogP contribution < -0.4 is 5.32 Å². The Bertz CT molecular complexity index is 301. The molecule has 1 N–H and O–H groups in total. The summed E-state index contributed by atoms with van der Waals surface area (Å²) in [6.07, 6.45) is 0.541. The first-order valence-electron chi connectivity index (χ1n) is 5.27. The Morgan fingerprint density at radius 2 is 2.00 bits per heavy atom. The molecule has 16 heavy (non-hydrogen) atoms. The molecule has 0 unspecified atom stereocenters. The van der Waals surface area contributed by atoms with Crippen LogP contribution in [0.25, 0.3) is 0 Å². The van der Waals surface area contributed by atoms with Crippen molar-refractivity contribution in [3.8, 4) is 0 Å². The van der Waals surface area contributed by atoms with Crippen LogP contribution in [0, 0.1) is 5.92 Å². The zero-order valence-electron chi connectivity index (χ0n) is 9.49. The number of nitrogens with one attached hydrogen (secondary N) is 1. The second kappa shape index (κ2) is 5.60. The topological polar surface area (TPSA) is 75.7 Å². The van der Waals surface area contributed by atoms with Crippen molar-refractivity contribution >= 4 is 17.8 Å². The van der Waals surface area contributed by atoms with Crippen LogP contribution in [0.2, 0.25) is 0 Å². The Morgan fingerprint density at radius 3 is 2.50 bits per heavy atom. The summed E-state index contributed by atoms with van der Waals surface area (Å²) in [7, 11) is 0. The van der Waals surface area contributed by atoms with Gasteiger partial charge in [0.25, 0.3) is 0 Å². The van der Waals surface area contributed by atoms with Gasteiger partial charge in [0, 0.05) is 19.8 Å². The van der Waals surface area contributed by atoms with E-state index in [4.69, 9.17) is 4.74 Å². The van der Waals surface area contributed by atoms with Crippen LogP contribution in [0.4, 0.5) is 4.79 Å². The number of carbonyl (C=O) groups excluding carboxylic acids is 3. The summed E-state index contributed by atoms with van der Waals surface area (Å²) in [6, 6.07) is -0.640. The first-order chi connectivity index (χ1) is 7.52. The number of imide groups is 2. The van der Waals surface area contributed by atoms with Crippen LogP contribution in [0.5, 0.6) is 0 Å². The lowest BCUT2D eigenvalue weighted by atomic mass is 10.2. The Hall–Kier alpha value is -1.43. The van der Waals surface area contributed by atoms with E-state index in [1.807, 2.05) is 19.2 Å². The quantitative estimate of drug-likeness (QED) is 0.398. The van der Waals surface area contributed by atoms with Crippen molar-refractivity contribution < 1.29 is 19.1 Å². The molecule has 6 nitrogen and oxygen atoms in total. The molecule has 6 heteroatoms. The molecule has 0 spiro atoms. The molecule has 0 atom stereocenters. The number of carbonyl (C=O) groups is 3. The molecule has 4 amide bonds. The number of urea groups is 1. The molecule has 0 saturated carbocycles. The molecule has 0 aromatic carbocycles. The van der Waals surface area contributed by atoms with Gasteiger partial charge in [-0.05, 0) is 12.3 Å². The summed E-state index contributed by atoms with van der Waals surface area (Å²) in [5.74, 6) is -1.18. The highest BCUT2D eigenvalue weighted by Crippen LogP contribution is 2.02. The normalized spacial score (nSPS) is 16.2. The Balaban J connectivity index is 2.20. The number of amides is 4. The fourth-order valence-corrected chi connectivity index (χ4v) is 1.28. The summed E-state index contributed by atoms with van der Waals surface area (Å²) < 4.78 is 5.30. The third-order valence-electron chi connectivity index (χ3n) is 2.03. The summed E-state index contributed by atoms with van der Waals surface area (Å²) >= 11 is 0. The van der Waals surface area contributed by atoms with Gasteiger partial charge in [0.1, 0.15) is 0 Å². The second-order valence-electron chi connectivity index (χ2n) is 4.04. The molecule has 90 valence electrons. The zero-order chi connectivity index (χ0) is 12.1. The fourth-order valence-electron chi connectivity index (χ4n) is 1.28. The lowest BCUT2D eigenvalue weighted by Gasteiger charge is -2.11. The molecule has 0 radical (unpaired) electrons. The van der Waals surface area contributed by atoms with Crippen LogP contribution in [-0.4, -0.2) is 42.5 Å². The fraction of sp³-hybridized carbons (Fsp3) is 0.700. The Labute approximate surface area is 93.9 Å². The molecule has 1 aliphatic heterocycles. The van der Waals surface area contributed by atoms with Crippen molar-refractivity contribution in [2.75, 3.05) is 19.8 Å². The van der Waals surface area contributed by atoms with E-state index in [0.717, 1.165) is 4.90 Å². The van der Waals surface area contributed by atoms with E-state index < -0.39 is 17.8 Å². The summed E-state index contributed by atoms with van der Waals surface area (Å²) in [5, 5.41) is 1.93. The molecule has 1 heterocycles. The first kappa shape index (κ1) is 12.6. The van der Waals surface area contributed by atoms with Gasteiger partial charge < -0.3 is 4.74 Å². The predicted molar refractivity (Wildman–Crippen MR) is 55.5 cm³/mol. The molecule has 1 rings (SSSR count). The summed E-state index contributed by atoms with van der Waals surface area (Å²) in [5.41, 5.74) is 0. The van der Waals surface area contributed by atoms with Gasteiger partial charge in [-0.2, -0.15) is 0 Å². The number of nitrogens with zero attached hydrogens (tertiary/aromatic N) is 1. The van der Waals surface area contributed by atoms with Crippen molar-refractivity contribution in [3.05, 3.63) is 0 Å². The van der Waals surface area contributed by atoms with Crippen LogP contribution in [0.1, 0.15) is 20.3 Å². The molecule has 0 aromatic rings. The average molecular weight is 228 g/mol. The maximum atomic E-state index is 11.1. The van der Waals surface area contributed by atoms with Gasteiger partial charge in [0.05, 0.1) is 0 Å². The van der Waals surface area contributed by atoms with Gasteiger partial charge in [0.2, 0.25) is 0 Å². The lowest BCUT2D eigenvalue weighted by molar-refractivity contribution is -0.140. The van der Waals surface area contributed by atoms with Crippen molar-refractivity contribution in [2.24, 2.45) is 5.92 Å². The molecule has 1 saturated heterocycles. The van der Waals surface area contributed by atoms with E-state index in [0.29, 0.717) is 25.6 Å². The second-order valence-corrected chi connectivity index (χ2v) is 4.04. The molecule has 1 aliphatic rings. The summed E-state index contributed by atoms with van der Waals surface area (Å²) in [4.78, 5) is 34.0. The number of ether oxygens (including phenoxy) is 1. The third kappa shape index (κ3) is 3.30. The van der Waals surface area contributed by atoms with Gasteiger partial charge in [0.15, 0.2) is 0 Å². The molecule has 1 fully saturated rings. The van der Waals surface area contributed by atoms with Gasteiger partial charge >= 0.3 is 17.8 Å². The van der Waals surface area contributed by atoms with Gasteiger partial charge in [-0.1, -0.05) is 13.8 Å². The average Bonchev–Trinajstić information content (AvgIpc) is 2.43. The van der Waals surface area contributed by atoms with E-state index in [-0.39, 0.29) is 6.54 Å². The van der Waals surface area contributed by atoms with Crippen LogP contribution in [-0.2, 0) is 14.3 Å². The van der Waals surface area contributed by atoms with Crippen molar-refractivity contribution in [2.45, 2.75) is 20.3 Å². The molecule has 0 aromatic heterocycles. The Morgan fingerprint density at radius 1 is 1.31 bits per heavy atom. The Kier molecular flexibility index (Phi) is 4.42. The van der Waals surface area contributed by atoms with E-state index >= 15 is 0 Å². The molecule has 0 aliphatic carbocycles. The number of rotatable bonds is 6. The monoisotopic (exact) mass is 228 g/mol. The smallest absolute Gasteiger partial charge is 0.331 e. The molecular weight excluding hydrogens is 212 g/mol. The first-order valence-corrected chi connectivity index (χ1v) is 5.27. The highest BCUT2D eigenvalue weighted by molar-refractivity contribution is 6.44. The van der Waals surface area contributed by atoms with Gasteiger partial charge in [-0.3, -0.25) is 19.8 Å². The molecule has 0 bridgehead atoms. The van der Waals surface area contributed by atoms with Gasteiger partial charge in [-0.15, -0.1) is 0 Å².